The van der Waals surface area contributed by atoms with Gasteiger partial charge in [-0.2, -0.15) is 0 Å². The van der Waals surface area contributed by atoms with Crippen molar-refractivity contribution in [3.63, 3.8) is 0 Å². The maximum Gasteiger partial charge on any atom is 0.275 e. The van der Waals surface area contributed by atoms with Gasteiger partial charge in [0.15, 0.2) is 5.69 Å². The summed E-state index contributed by atoms with van der Waals surface area (Å²) in [7, 11) is 0. The quantitative estimate of drug-likeness (QED) is 0.574. The smallest absolute Gasteiger partial charge is 0.275 e. The fraction of sp³-hybridized carbons (Fsp3) is 0.458. The van der Waals surface area contributed by atoms with E-state index in [4.69, 9.17) is 0 Å². The lowest BCUT2D eigenvalue weighted by molar-refractivity contribution is -0.138. The van der Waals surface area contributed by atoms with E-state index in [1.54, 1.807) is 16.0 Å². The van der Waals surface area contributed by atoms with Crippen molar-refractivity contribution < 1.29 is 14.0 Å². The van der Waals surface area contributed by atoms with Crippen LogP contribution in [0.3, 0.4) is 0 Å². The van der Waals surface area contributed by atoms with Crippen molar-refractivity contribution in [1.29, 1.82) is 0 Å². The predicted molar refractivity (Wildman–Crippen MR) is 132 cm³/mol. The minimum absolute atomic E-state index is 0.0108. The van der Waals surface area contributed by atoms with Crippen LogP contribution in [-0.4, -0.2) is 56.3 Å². The Bertz CT molecular complexity index is 1180. The molecule has 182 valence electrons. The molecule has 3 aromatic rings. The van der Waals surface area contributed by atoms with Gasteiger partial charge < -0.3 is 15.1 Å². The number of fused-ring (bicyclic) bond motifs is 1. The van der Waals surface area contributed by atoms with Crippen LogP contribution in [0, 0.1) is 11.2 Å². The van der Waals surface area contributed by atoms with Gasteiger partial charge in [0.05, 0.1) is 29.1 Å². The Labute approximate surface area is 203 Å². The van der Waals surface area contributed by atoms with Gasteiger partial charge in [-0.3, -0.25) is 14.6 Å². The van der Waals surface area contributed by atoms with Gasteiger partial charge in [-0.25, -0.2) is 14.4 Å². The number of halogens is 1. The van der Waals surface area contributed by atoms with Crippen LogP contribution in [0.2, 0.25) is 0 Å². The zero-order chi connectivity index (χ0) is 25.0. The number of aromatic nitrogens is 3. The molecule has 1 aliphatic rings. The van der Waals surface area contributed by atoms with E-state index in [1.165, 1.54) is 17.4 Å². The maximum atomic E-state index is 13.5. The molecule has 0 aromatic carbocycles. The molecule has 1 atom stereocenters. The number of anilines is 1. The average Bonchev–Trinajstić information content (AvgIpc) is 3.48. The Hall–Kier alpha value is -3.14. The fourth-order valence-corrected chi connectivity index (χ4v) is 4.37. The van der Waals surface area contributed by atoms with Crippen molar-refractivity contribution in [3.05, 3.63) is 47.0 Å². The summed E-state index contributed by atoms with van der Waals surface area (Å²) >= 11 is 1.40. The fourth-order valence-electron chi connectivity index (χ4n) is 3.56. The van der Waals surface area contributed by atoms with Gasteiger partial charge in [0.25, 0.3) is 5.91 Å². The zero-order valence-electron chi connectivity index (χ0n) is 20.4. The molecule has 0 radical (unpaired) electrons. The molecule has 2 amide bonds. The molecule has 1 saturated heterocycles. The van der Waals surface area contributed by atoms with Gasteiger partial charge in [-0.15, -0.1) is 11.3 Å². The third kappa shape index (κ3) is 5.49. The van der Waals surface area contributed by atoms with Crippen LogP contribution >= 0.6 is 11.3 Å². The number of hydrogen-bond donors (Lipinski definition) is 1. The first-order chi connectivity index (χ1) is 16.1. The summed E-state index contributed by atoms with van der Waals surface area (Å²) in [6.07, 6.45) is 2.71. The Balaban J connectivity index is 0.00000158. The largest absolute Gasteiger partial charge is 0.348 e. The molecule has 0 aliphatic carbocycles. The summed E-state index contributed by atoms with van der Waals surface area (Å²) in [6, 6.07) is 2.91. The van der Waals surface area contributed by atoms with E-state index in [-0.39, 0.29) is 30.5 Å². The monoisotopic (exact) mass is 486 g/mol. The molecule has 0 unspecified atom stereocenters. The molecular weight excluding hydrogens is 455 g/mol. The molecule has 0 saturated carbocycles. The Morgan fingerprint density at radius 3 is 2.53 bits per heavy atom. The summed E-state index contributed by atoms with van der Waals surface area (Å²) < 4.78 is 14.2. The summed E-state index contributed by atoms with van der Waals surface area (Å²) in [5, 5.41) is 5.00. The van der Waals surface area contributed by atoms with E-state index in [0.29, 0.717) is 34.6 Å². The minimum Gasteiger partial charge on any atom is -0.348 e. The first kappa shape index (κ1) is 25.5. The van der Waals surface area contributed by atoms with Crippen LogP contribution in [0.15, 0.2) is 29.9 Å². The second kappa shape index (κ2) is 10.4. The number of amides is 2. The highest BCUT2D eigenvalue weighted by Gasteiger charge is 2.34. The maximum absolute atomic E-state index is 13.5. The Kier molecular flexibility index (Phi) is 7.81. The van der Waals surface area contributed by atoms with Crippen LogP contribution < -0.4 is 5.32 Å². The van der Waals surface area contributed by atoms with Gasteiger partial charge in [-0.05, 0) is 30.0 Å². The lowest BCUT2D eigenvalue weighted by Crippen LogP contribution is -2.40. The highest BCUT2D eigenvalue weighted by molar-refractivity contribution is 7.17. The van der Waals surface area contributed by atoms with Gasteiger partial charge in [0.1, 0.15) is 5.82 Å². The molecule has 1 fully saturated rings. The highest BCUT2D eigenvalue weighted by Crippen LogP contribution is 2.27. The second-order valence-electron chi connectivity index (χ2n) is 8.86. The van der Waals surface area contributed by atoms with Crippen LogP contribution in [0.1, 0.15) is 63.6 Å². The molecule has 0 bridgehead atoms. The van der Waals surface area contributed by atoms with E-state index in [1.807, 2.05) is 53.0 Å². The minimum atomic E-state index is -0.506. The number of nitrogens with zero attached hydrogens (tertiary/aromatic N) is 5. The van der Waals surface area contributed by atoms with E-state index in [2.05, 4.69) is 20.3 Å². The molecule has 3 aromatic heterocycles. The van der Waals surface area contributed by atoms with E-state index < -0.39 is 11.2 Å². The first-order valence-electron chi connectivity index (χ1n) is 11.3. The van der Waals surface area contributed by atoms with Crippen molar-refractivity contribution in [2.45, 2.75) is 47.6 Å². The SMILES string of the molecule is CC.C[C@H](Nc1nc(C(=O)N2CCN(C(=O)C(C)(C)C)C2)c2sccc2n1)c1cncc(F)c1. The molecule has 1 N–H and O–H groups in total. The third-order valence-corrected chi connectivity index (χ3v) is 6.19. The number of thiophene rings is 1. The summed E-state index contributed by atoms with van der Waals surface area (Å²) in [6.45, 7) is 12.6. The number of carbonyl (C=O) groups excluding carboxylic acids is 2. The van der Waals surface area contributed by atoms with Crippen LogP contribution in [0.4, 0.5) is 10.3 Å². The van der Waals surface area contributed by atoms with Crippen molar-refractivity contribution >= 4 is 39.3 Å². The molecule has 8 nitrogen and oxygen atoms in total. The summed E-state index contributed by atoms with van der Waals surface area (Å²) in [4.78, 5) is 42.2. The second-order valence-corrected chi connectivity index (χ2v) is 9.78. The van der Waals surface area contributed by atoms with Crippen LogP contribution in [-0.2, 0) is 4.79 Å². The van der Waals surface area contributed by atoms with E-state index in [0.717, 1.165) is 6.20 Å². The molecule has 4 rings (SSSR count). The van der Waals surface area contributed by atoms with Crippen molar-refractivity contribution in [2.75, 3.05) is 25.1 Å². The molecular formula is C24H31FN6O2S. The van der Waals surface area contributed by atoms with Crippen molar-refractivity contribution in [1.82, 2.24) is 24.8 Å². The standard InChI is InChI=1S/C22H25FN6O2S.C2H6/c1-13(14-9-15(23)11-24-10-14)25-21-26-16-5-8-32-18(16)17(27-21)19(30)28-6-7-29(12-28)20(31)22(2,3)4;1-2/h5,8-11,13H,6-7,12H2,1-4H3,(H,25,26,27);1-2H3/t13-;/m0./s1. The molecule has 1 aliphatic heterocycles. The van der Waals surface area contributed by atoms with Crippen LogP contribution in [0.25, 0.3) is 10.2 Å². The van der Waals surface area contributed by atoms with Gasteiger partial charge in [0.2, 0.25) is 11.9 Å². The van der Waals surface area contributed by atoms with Crippen LogP contribution in [0.5, 0.6) is 0 Å². The van der Waals surface area contributed by atoms with Crippen molar-refractivity contribution in [3.8, 4) is 0 Å². The zero-order valence-corrected chi connectivity index (χ0v) is 21.2. The topological polar surface area (TPSA) is 91.3 Å². The lowest BCUT2D eigenvalue weighted by Gasteiger charge is -2.25. The van der Waals surface area contributed by atoms with Crippen molar-refractivity contribution in [2.24, 2.45) is 5.41 Å². The average molecular weight is 487 g/mol. The summed E-state index contributed by atoms with van der Waals surface area (Å²) in [5.41, 5.74) is 1.08. The lowest BCUT2D eigenvalue weighted by atomic mass is 9.95. The summed E-state index contributed by atoms with van der Waals surface area (Å²) in [5.74, 6) is -0.383. The number of carbonyl (C=O) groups is 2. The normalized spacial score (nSPS) is 14.6. The highest BCUT2D eigenvalue weighted by atomic mass is 32.1. The number of nitrogens with one attached hydrogen (secondary N) is 1. The number of rotatable bonds is 4. The predicted octanol–water partition coefficient (Wildman–Crippen LogP) is 4.71. The Morgan fingerprint density at radius 2 is 1.85 bits per heavy atom. The number of pyridine rings is 1. The van der Waals surface area contributed by atoms with Gasteiger partial charge in [0, 0.05) is 24.7 Å². The molecule has 34 heavy (non-hydrogen) atoms. The van der Waals surface area contributed by atoms with Gasteiger partial charge >= 0.3 is 0 Å². The molecule has 4 heterocycles. The molecule has 10 heteroatoms. The van der Waals surface area contributed by atoms with E-state index >= 15 is 0 Å². The Morgan fingerprint density at radius 1 is 1.15 bits per heavy atom. The van der Waals surface area contributed by atoms with Gasteiger partial charge in [-0.1, -0.05) is 34.6 Å². The number of hydrogen-bond acceptors (Lipinski definition) is 7. The first-order valence-corrected chi connectivity index (χ1v) is 12.2. The molecule has 0 spiro atoms. The third-order valence-electron chi connectivity index (χ3n) is 5.28. The van der Waals surface area contributed by atoms with E-state index in [9.17, 15) is 14.0 Å².